The molecular weight excluding hydrogens is 228 g/mol. The summed E-state index contributed by atoms with van der Waals surface area (Å²) in [6.45, 7) is 0. The molecule has 0 aromatic carbocycles. The highest BCUT2D eigenvalue weighted by atomic mass is 32.2. The molecule has 1 aromatic rings. The van der Waals surface area contributed by atoms with Crippen LogP contribution in [-0.2, 0) is 0 Å². The van der Waals surface area contributed by atoms with Gasteiger partial charge >= 0.3 is 0 Å². The van der Waals surface area contributed by atoms with Gasteiger partial charge in [-0.3, -0.25) is 4.79 Å². The highest BCUT2D eigenvalue weighted by Gasteiger charge is 2.39. The third-order valence-electron chi connectivity index (χ3n) is 3.18. The maximum atomic E-state index is 11.9. The van der Waals surface area contributed by atoms with E-state index in [1.54, 1.807) is 11.8 Å². The zero-order valence-electron chi connectivity index (χ0n) is 8.45. The number of aromatic amines is 1. The van der Waals surface area contributed by atoms with Crippen molar-refractivity contribution in [2.24, 2.45) is 0 Å². The van der Waals surface area contributed by atoms with Crippen molar-refractivity contribution in [3.8, 4) is 0 Å². The number of fused-ring (bicyclic) bond motifs is 3. The van der Waals surface area contributed by atoms with Crippen molar-refractivity contribution in [1.29, 1.82) is 0 Å². The molecule has 0 spiro atoms. The van der Waals surface area contributed by atoms with E-state index in [-0.39, 0.29) is 5.56 Å². The van der Waals surface area contributed by atoms with E-state index in [0.29, 0.717) is 11.2 Å². The molecule has 2 unspecified atom stereocenters. The molecule has 1 saturated carbocycles. The number of nitrogens with zero attached hydrogens (tertiary/aromatic N) is 1. The Kier molecular flexibility index (Phi) is 2.32. The molecule has 0 radical (unpaired) electrons. The Labute approximate surface area is 96.5 Å². The molecule has 1 aliphatic carbocycles. The van der Waals surface area contributed by atoms with Crippen LogP contribution in [-0.4, -0.2) is 21.5 Å². The molecule has 3 nitrogen and oxygen atoms in total. The second-order valence-corrected chi connectivity index (χ2v) is 6.01. The molecule has 0 bridgehead atoms. The Bertz CT molecular complexity index is 457. The minimum Gasteiger partial charge on any atom is -0.301 e. The van der Waals surface area contributed by atoms with Crippen molar-refractivity contribution in [2.45, 2.75) is 40.6 Å². The molecule has 1 aliphatic heterocycles. The van der Waals surface area contributed by atoms with Gasteiger partial charge in [0.15, 0.2) is 5.16 Å². The lowest BCUT2D eigenvalue weighted by Gasteiger charge is -2.06. The normalized spacial score (nSPS) is 27.8. The smallest absolute Gasteiger partial charge is 0.256 e. The molecule has 3 rings (SSSR count). The van der Waals surface area contributed by atoms with E-state index >= 15 is 0 Å². The Morgan fingerprint density at radius 2 is 2.40 bits per heavy atom. The van der Waals surface area contributed by atoms with Gasteiger partial charge in [0.05, 0.1) is 5.56 Å². The van der Waals surface area contributed by atoms with Crippen molar-refractivity contribution in [2.75, 3.05) is 6.26 Å². The fourth-order valence-electron chi connectivity index (χ4n) is 2.50. The van der Waals surface area contributed by atoms with Gasteiger partial charge in [-0.05, 0) is 19.1 Å². The molecule has 5 heteroatoms. The summed E-state index contributed by atoms with van der Waals surface area (Å²) >= 11 is 3.30. The van der Waals surface area contributed by atoms with Gasteiger partial charge in [0.1, 0.15) is 5.03 Å². The van der Waals surface area contributed by atoms with Gasteiger partial charge < -0.3 is 4.98 Å². The summed E-state index contributed by atoms with van der Waals surface area (Å²) in [6.07, 6.45) is 5.59. The van der Waals surface area contributed by atoms with Crippen LogP contribution in [0.2, 0.25) is 0 Å². The topological polar surface area (TPSA) is 45.8 Å². The van der Waals surface area contributed by atoms with Gasteiger partial charge in [-0.15, -0.1) is 11.8 Å². The SMILES string of the molecule is CSc1nc2c(c(=O)[nH]1)C1CCCC1S2. The molecule has 2 atom stereocenters. The zero-order valence-corrected chi connectivity index (χ0v) is 10.1. The van der Waals surface area contributed by atoms with Gasteiger partial charge in [0.25, 0.3) is 5.56 Å². The zero-order chi connectivity index (χ0) is 10.4. The quantitative estimate of drug-likeness (QED) is 0.464. The summed E-state index contributed by atoms with van der Waals surface area (Å²) in [7, 11) is 0. The number of nitrogens with one attached hydrogen (secondary N) is 1. The summed E-state index contributed by atoms with van der Waals surface area (Å²) in [4.78, 5) is 19.2. The molecular formula is C10H12N2OS2. The lowest BCUT2D eigenvalue weighted by atomic mass is 10.0. The first-order valence-corrected chi connectivity index (χ1v) is 7.25. The van der Waals surface area contributed by atoms with E-state index in [0.717, 1.165) is 22.2 Å². The fourth-order valence-corrected chi connectivity index (χ4v) is 4.45. The molecule has 0 amide bonds. The first-order chi connectivity index (χ1) is 7.29. The first-order valence-electron chi connectivity index (χ1n) is 5.14. The first kappa shape index (κ1) is 9.78. The third-order valence-corrected chi connectivity index (χ3v) is 5.16. The van der Waals surface area contributed by atoms with Crippen molar-refractivity contribution >= 4 is 23.5 Å². The van der Waals surface area contributed by atoms with Crippen LogP contribution in [0.3, 0.4) is 0 Å². The van der Waals surface area contributed by atoms with Gasteiger partial charge in [-0.1, -0.05) is 18.2 Å². The van der Waals surface area contributed by atoms with Crippen LogP contribution < -0.4 is 5.56 Å². The summed E-state index contributed by atoms with van der Waals surface area (Å²) < 4.78 is 0. The maximum absolute atomic E-state index is 11.9. The molecule has 1 aromatic heterocycles. The number of H-pyrrole nitrogens is 1. The van der Waals surface area contributed by atoms with E-state index in [1.807, 2.05) is 6.26 Å². The predicted molar refractivity (Wildman–Crippen MR) is 62.9 cm³/mol. The van der Waals surface area contributed by atoms with E-state index in [4.69, 9.17) is 0 Å². The van der Waals surface area contributed by atoms with Crippen molar-refractivity contribution in [3.05, 3.63) is 15.9 Å². The van der Waals surface area contributed by atoms with Gasteiger partial charge in [-0.25, -0.2) is 4.98 Å². The average Bonchev–Trinajstić information content (AvgIpc) is 2.75. The number of thioether (sulfide) groups is 2. The van der Waals surface area contributed by atoms with Crippen molar-refractivity contribution in [1.82, 2.24) is 9.97 Å². The Balaban J connectivity index is 2.13. The third kappa shape index (κ3) is 1.44. The van der Waals surface area contributed by atoms with Crippen LogP contribution in [0.25, 0.3) is 0 Å². The molecule has 0 saturated heterocycles. The maximum Gasteiger partial charge on any atom is 0.256 e. The number of rotatable bonds is 1. The van der Waals surface area contributed by atoms with Crippen LogP contribution in [0.4, 0.5) is 0 Å². The lowest BCUT2D eigenvalue weighted by Crippen LogP contribution is -2.17. The number of aromatic nitrogens is 2. The summed E-state index contributed by atoms with van der Waals surface area (Å²) in [5.41, 5.74) is 1.05. The Morgan fingerprint density at radius 3 is 3.20 bits per heavy atom. The summed E-state index contributed by atoms with van der Waals surface area (Å²) in [5.74, 6) is 0.470. The molecule has 1 N–H and O–H groups in total. The van der Waals surface area contributed by atoms with E-state index < -0.39 is 0 Å². The molecule has 2 heterocycles. The Hall–Kier alpha value is -0.420. The van der Waals surface area contributed by atoms with E-state index in [2.05, 4.69) is 9.97 Å². The molecule has 1 fully saturated rings. The van der Waals surface area contributed by atoms with Crippen LogP contribution in [0.15, 0.2) is 15.0 Å². The molecule has 15 heavy (non-hydrogen) atoms. The second kappa shape index (κ2) is 3.56. The molecule has 2 aliphatic rings. The minimum atomic E-state index is 0.0891. The summed E-state index contributed by atoms with van der Waals surface area (Å²) in [6, 6.07) is 0. The van der Waals surface area contributed by atoms with Crippen LogP contribution in [0.1, 0.15) is 30.7 Å². The van der Waals surface area contributed by atoms with Crippen molar-refractivity contribution < 1.29 is 0 Å². The van der Waals surface area contributed by atoms with Crippen LogP contribution in [0.5, 0.6) is 0 Å². The van der Waals surface area contributed by atoms with E-state index in [9.17, 15) is 4.79 Å². The minimum absolute atomic E-state index is 0.0891. The second-order valence-electron chi connectivity index (χ2n) is 3.99. The predicted octanol–water partition coefficient (Wildman–Crippen LogP) is 2.23. The molecule has 80 valence electrons. The van der Waals surface area contributed by atoms with Crippen LogP contribution >= 0.6 is 23.5 Å². The highest BCUT2D eigenvalue weighted by Crippen LogP contribution is 2.51. The number of hydrogen-bond donors (Lipinski definition) is 1. The van der Waals surface area contributed by atoms with Gasteiger partial charge in [0, 0.05) is 11.2 Å². The standard InChI is InChI=1S/C10H12N2OS2/c1-14-10-11-8(13)7-5-3-2-4-6(5)15-9(7)12-10/h5-6H,2-4H2,1H3,(H,11,12,13). The fraction of sp³-hybridized carbons (Fsp3) is 0.600. The largest absolute Gasteiger partial charge is 0.301 e. The average molecular weight is 240 g/mol. The van der Waals surface area contributed by atoms with Crippen molar-refractivity contribution in [3.63, 3.8) is 0 Å². The monoisotopic (exact) mass is 240 g/mol. The van der Waals surface area contributed by atoms with Gasteiger partial charge in [-0.2, -0.15) is 0 Å². The lowest BCUT2D eigenvalue weighted by molar-refractivity contribution is 0.701. The summed E-state index contributed by atoms with van der Waals surface area (Å²) in [5, 5.41) is 2.34. The Morgan fingerprint density at radius 1 is 1.53 bits per heavy atom. The highest BCUT2D eigenvalue weighted by molar-refractivity contribution is 8.00. The van der Waals surface area contributed by atoms with Gasteiger partial charge in [0.2, 0.25) is 0 Å². The number of hydrogen-bond acceptors (Lipinski definition) is 4. The van der Waals surface area contributed by atoms with Crippen LogP contribution in [0, 0.1) is 0 Å². The van der Waals surface area contributed by atoms with E-state index in [1.165, 1.54) is 24.6 Å².